The minimum Gasteiger partial charge on any atom is -0.490 e. The van der Waals surface area contributed by atoms with E-state index in [4.69, 9.17) is 19.0 Å². The van der Waals surface area contributed by atoms with Crippen LogP contribution in [0.25, 0.3) is 0 Å². The predicted octanol–water partition coefficient (Wildman–Crippen LogP) is 3.92. The molecule has 2 heterocycles. The van der Waals surface area contributed by atoms with Crippen LogP contribution in [0.15, 0.2) is 47.6 Å². The van der Waals surface area contributed by atoms with Gasteiger partial charge in [-0.2, -0.15) is 0 Å². The first-order valence-electron chi connectivity index (χ1n) is 10.1. The number of benzene rings is 2. The monoisotopic (exact) mass is 379 g/mol. The summed E-state index contributed by atoms with van der Waals surface area (Å²) in [4.78, 5) is 5.75. The lowest BCUT2D eigenvalue weighted by Gasteiger charge is -2.18. The van der Waals surface area contributed by atoms with Crippen LogP contribution < -0.4 is 9.47 Å². The lowest BCUT2D eigenvalue weighted by atomic mass is 9.93. The number of nitrogens with zero attached hydrogens (tertiary/aromatic N) is 1. The summed E-state index contributed by atoms with van der Waals surface area (Å²) in [5, 5.41) is 4.36. The molecule has 0 bridgehead atoms. The molecule has 0 aromatic heterocycles. The molecule has 1 aliphatic carbocycles. The summed E-state index contributed by atoms with van der Waals surface area (Å²) < 4.78 is 17.8. The Labute approximate surface area is 165 Å². The normalized spacial score (nSPS) is 23.5. The maximum atomic E-state index is 6.41. The van der Waals surface area contributed by atoms with Crippen LogP contribution in [0.5, 0.6) is 11.5 Å². The van der Waals surface area contributed by atoms with Crippen LogP contribution in [0.3, 0.4) is 0 Å². The van der Waals surface area contributed by atoms with Gasteiger partial charge in [0.05, 0.1) is 25.5 Å². The Balaban J connectivity index is 1.37. The molecule has 2 aliphatic heterocycles. The molecule has 5 nitrogen and oxygen atoms in total. The number of rotatable bonds is 5. The highest BCUT2D eigenvalue weighted by Gasteiger charge is 2.43. The van der Waals surface area contributed by atoms with Gasteiger partial charge in [0.1, 0.15) is 6.10 Å². The largest absolute Gasteiger partial charge is 0.490 e. The van der Waals surface area contributed by atoms with Crippen molar-refractivity contribution in [2.24, 2.45) is 5.16 Å². The maximum absolute atomic E-state index is 6.41. The van der Waals surface area contributed by atoms with E-state index in [1.54, 1.807) is 0 Å². The third-order valence-corrected chi connectivity index (χ3v) is 5.79. The fourth-order valence-corrected chi connectivity index (χ4v) is 4.31. The fourth-order valence-electron chi connectivity index (χ4n) is 4.31. The first-order chi connectivity index (χ1) is 13.7. The zero-order valence-electron chi connectivity index (χ0n) is 16.1. The van der Waals surface area contributed by atoms with Gasteiger partial charge in [-0.3, -0.25) is 0 Å². The molecule has 0 amide bonds. The van der Waals surface area contributed by atoms with E-state index in [-0.39, 0.29) is 11.7 Å². The van der Waals surface area contributed by atoms with Crippen molar-refractivity contribution in [2.45, 2.75) is 44.3 Å². The Kier molecular flexibility index (Phi) is 4.47. The van der Waals surface area contributed by atoms with Crippen LogP contribution in [0.1, 0.15) is 36.5 Å². The van der Waals surface area contributed by atoms with Crippen molar-refractivity contribution in [3.05, 3.63) is 59.2 Å². The minimum atomic E-state index is -0.276. The molecule has 2 aromatic rings. The standard InChI is InChI=1S/C23H25NO4/c1-2-26-21-8-7-18(20-14-23(28-24-20)9-10-25-15-23)13-22(21)27-19-11-16-5-3-4-6-17(16)12-19/h3-8,13,19H,2,9-12,14-15H2,1H3. The smallest absolute Gasteiger partial charge is 0.168 e. The number of hydrogen-bond donors (Lipinski definition) is 0. The van der Waals surface area contributed by atoms with E-state index in [2.05, 4.69) is 29.4 Å². The third-order valence-electron chi connectivity index (χ3n) is 5.79. The van der Waals surface area contributed by atoms with E-state index in [1.165, 1.54) is 11.1 Å². The van der Waals surface area contributed by atoms with Crippen molar-refractivity contribution in [1.82, 2.24) is 0 Å². The van der Waals surface area contributed by atoms with Crippen LogP contribution in [0, 0.1) is 0 Å². The molecule has 1 atom stereocenters. The van der Waals surface area contributed by atoms with Crippen molar-refractivity contribution in [2.75, 3.05) is 19.8 Å². The van der Waals surface area contributed by atoms with Crippen LogP contribution in [-0.2, 0) is 22.4 Å². The van der Waals surface area contributed by atoms with Crippen molar-refractivity contribution in [1.29, 1.82) is 0 Å². The van der Waals surface area contributed by atoms with Gasteiger partial charge in [-0.25, -0.2) is 0 Å². The molecule has 3 aliphatic rings. The van der Waals surface area contributed by atoms with Gasteiger partial charge in [-0.05, 0) is 36.2 Å². The third kappa shape index (κ3) is 3.24. The molecule has 1 spiro atoms. The average molecular weight is 379 g/mol. The second kappa shape index (κ2) is 7.13. The van der Waals surface area contributed by atoms with Crippen molar-refractivity contribution in [3.8, 4) is 11.5 Å². The molecule has 1 unspecified atom stereocenters. The van der Waals surface area contributed by atoms with E-state index < -0.39 is 0 Å². The molecule has 5 rings (SSSR count). The van der Waals surface area contributed by atoms with E-state index in [0.29, 0.717) is 13.2 Å². The Bertz CT molecular complexity index is 876. The molecular formula is C23H25NO4. The van der Waals surface area contributed by atoms with Crippen LogP contribution in [-0.4, -0.2) is 37.2 Å². The zero-order valence-corrected chi connectivity index (χ0v) is 16.1. The van der Waals surface area contributed by atoms with Crippen LogP contribution in [0.4, 0.5) is 0 Å². The van der Waals surface area contributed by atoms with Gasteiger partial charge in [-0.15, -0.1) is 0 Å². The number of hydrogen-bond acceptors (Lipinski definition) is 5. The quantitative estimate of drug-likeness (QED) is 0.790. The number of ether oxygens (including phenoxy) is 3. The van der Waals surface area contributed by atoms with E-state index >= 15 is 0 Å². The fraction of sp³-hybridized carbons (Fsp3) is 0.435. The molecule has 1 saturated heterocycles. The van der Waals surface area contributed by atoms with Gasteiger partial charge in [-0.1, -0.05) is 29.4 Å². The van der Waals surface area contributed by atoms with E-state index in [9.17, 15) is 0 Å². The van der Waals surface area contributed by atoms with Crippen molar-refractivity contribution >= 4 is 5.71 Å². The predicted molar refractivity (Wildman–Crippen MR) is 106 cm³/mol. The zero-order chi connectivity index (χ0) is 19.0. The average Bonchev–Trinajstić information content (AvgIpc) is 3.44. The molecule has 146 valence electrons. The molecule has 5 heteroatoms. The summed E-state index contributed by atoms with van der Waals surface area (Å²) in [5.74, 6) is 1.56. The number of oxime groups is 1. The van der Waals surface area contributed by atoms with Crippen molar-refractivity contribution in [3.63, 3.8) is 0 Å². The van der Waals surface area contributed by atoms with E-state index in [1.807, 2.05) is 25.1 Å². The molecule has 1 fully saturated rings. The SMILES string of the molecule is CCOc1ccc(C2=NOC3(CCOC3)C2)cc1OC1Cc2ccccc2C1. The molecule has 28 heavy (non-hydrogen) atoms. The van der Waals surface area contributed by atoms with Gasteiger partial charge in [0.25, 0.3) is 0 Å². The van der Waals surface area contributed by atoms with Gasteiger partial charge < -0.3 is 19.0 Å². The lowest BCUT2D eigenvalue weighted by Crippen LogP contribution is -2.29. The Morgan fingerprint density at radius 3 is 2.64 bits per heavy atom. The van der Waals surface area contributed by atoms with Gasteiger partial charge in [0.2, 0.25) is 0 Å². The minimum absolute atomic E-state index is 0.128. The number of fused-ring (bicyclic) bond motifs is 1. The molecule has 2 aromatic carbocycles. The van der Waals surface area contributed by atoms with E-state index in [0.717, 1.165) is 55.1 Å². The Morgan fingerprint density at radius 2 is 1.93 bits per heavy atom. The van der Waals surface area contributed by atoms with Crippen molar-refractivity contribution < 1.29 is 19.0 Å². The molecule has 0 radical (unpaired) electrons. The first kappa shape index (κ1) is 17.6. The summed E-state index contributed by atoms with van der Waals surface area (Å²) in [5.41, 5.74) is 4.45. The topological polar surface area (TPSA) is 49.3 Å². The molecule has 0 N–H and O–H groups in total. The summed E-state index contributed by atoms with van der Waals surface area (Å²) in [6.45, 7) is 3.94. The highest BCUT2D eigenvalue weighted by molar-refractivity contribution is 6.02. The summed E-state index contributed by atoms with van der Waals surface area (Å²) in [6, 6.07) is 14.6. The second-order valence-electron chi connectivity index (χ2n) is 7.80. The lowest BCUT2D eigenvalue weighted by molar-refractivity contribution is -0.0237. The summed E-state index contributed by atoms with van der Waals surface area (Å²) in [6.07, 6.45) is 3.64. The summed E-state index contributed by atoms with van der Waals surface area (Å²) >= 11 is 0. The van der Waals surface area contributed by atoms with Gasteiger partial charge in [0.15, 0.2) is 17.1 Å². The van der Waals surface area contributed by atoms with Gasteiger partial charge in [0, 0.05) is 31.2 Å². The Hall–Kier alpha value is -2.53. The van der Waals surface area contributed by atoms with Gasteiger partial charge >= 0.3 is 0 Å². The Morgan fingerprint density at radius 1 is 1.11 bits per heavy atom. The van der Waals surface area contributed by atoms with Crippen LogP contribution in [0.2, 0.25) is 0 Å². The second-order valence-corrected chi connectivity index (χ2v) is 7.80. The highest BCUT2D eigenvalue weighted by atomic mass is 16.7. The maximum Gasteiger partial charge on any atom is 0.168 e. The molecular weight excluding hydrogens is 354 g/mol. The first-order valence-corrected chi connectivity index (χ1v) is 10.1. The molecule has 0 saturated carbocycles. The van der Waals surface area contributed by atoms with Crippen LogP contribution >= 0.6 is 0 Å². The summed E-state index contributed by atoms with van der Waals surface area (Å²) in [7, 11) is 0. The highest BCUT2D eigenvalue weighted by Crippen LogP contribution is 2.37.